The van der Waals surface area contributed by atoms with E-state index in [4.69, 9.17) is 5.73 Å². The Balaban J connectivity index is 2.03. The number of pyridine rings is 1. The van der Waals surface area contributed by atoms with E-state index < -0.39 is 11.7 Å². The second-order valence-electron chi connectivity index (χ2n) is 6.56. The van der Waals surface area contributed by atoms with Gasteiger partial charge in [0.15, 0.2) is 0 Å². The Morgan fingerprint density at radius 1 is 1.07 bits per heavy atom. The van der Waals surface area contributed by atoms with Gasteiger partial charge in [-0.3, -0.25) is 4.79 Å². The van der Waals surface area contributed by atoms with Crippen LogP contribution in [0.3, 0.4) is 0 Å². The largest absolute Gasteiger partial charge is 0.416 e. The summed E-state index contributed by atoms with van der Waals surface area (Å²) in [6.45, 7) is 5.32. The van der Waals surface area contributed by atoms with Crippen molar-refractivity contribution in [3.05, 3.63) is 80.9 Å². The minimum absolute atomic E-state index is 0.202. The molecule has 2 aromatic heterocycles. The summed E-state index contributed by atoms with van der Waals surface area (Å²) < 4.78 is 41.9. The fourth-order valence-electron chi connectivity index (χ4n) is 3.10. The molecule has 0 fully saturated rings. The van der Waals surface area contributed by atoms with Crippen LogP contribution in [0.1, 0.15) is 28.1 Å². The lowest BCUT2D eigenvalue weighted by molar-refractivity contribution is -0.137. The van der Waals surface area contributed by atoms with Crippen LogP contribution in [0.5, 0.6) is 0 Å². The molecule has 5 nitrogen and oxygen atoms in total. The first-order valence-corrected chi connectivity index (χ1v) is 8.48. The van der Waals surface area contributed by atoms with Gasteiger partial charge in [-0.2, -0.15) is 22.9 Å². The second-order valence-corrected chi connectivity index (χ2v) is 6.56. The standard InChI is InChI=1S/C20H19F3N4O/c1-12-7-18(24)27(19(28)8-12)25-11-15-9-13(2)26(14(15)3)17-6-4-5-16(10-17)20(21,22)23/h4-11H,24H2,1-3H3/b25-11-. The molecule has 0 spiro atoms. The first kappa shape index (κ1) is 19.5. The highest BCUT2D eigenvalue weighted by Gasteiger charge is 2.30. The Hall–Kier alpha value is -3.29. The van der Waals surface area contributed by atoms with Gasteiger partial charge in [0.2, 0.25) is 0 Å². The molecule has 0 saturated carbocycles. The molecule has 3 rings (SSSR count). The number of aromatic nitrogens is 2. The zero-order valence-electron chi connectivity index (χ0n) is 15.6. The molecular formula is C20H19F3N4O. The molecule has 3 aromatic rings. The fraction of sp³-hybridized carbons (Fsp3) is 0.200. The average Bonchev–Trinajstić information content (AvgIpc) is 2.87. The van der Waals surface area contributed by atoms with Crippen LogP contribution in [0, 0.1) is 20.8 Å². The summed E-state index contributed by atoms with van der Waals surface area (Å²) in [4.78, 5) is 12.0. The Labute approximate surface area is 159 Å². The number of aryl methyl sites for hydroxylation is 2. The SMILES string of the molecule is Cc1cc(N)n(/N=C\c2cc(C)n(-c3cccc(C(F)(F)F)c3)c2C)c(=O)c1. The van der Waals surface area contributed by atoms with E-state index in [0.29, 0.717) is 16.9 Å². The van der Waals surface area contributed by atoms with Crippen LogP contribution in [-0.2, 0) is 6.18 Å². The maximum absolute atomic E-state index is 13.0. The lowest BCUT2D eigenvalue weighted by Gasteiger charge is -2.13. The van der Waals surface area contributed by atoms with E-state index >= 15 is 0 Å². The van der Waals surface area contributed by atoms with Gasteiger partial charge in [0.25, 0.3) is 5.56 Å². The predicted octanol–water partition coefficient (Wildman–Crippen LogP) is 4.05. The molecule has 0 saturated heterocycles. The van der Waals surface area contributed by atoms with Crippen molar-refractivity contribution in [2.24, 2.45) is 5.10 Å². The lowest BCUT2D eigenvalue weighted by Crippen LogP contribution is -2.19. The van der Waals surface area contributed by atoms with E-state index in [1.165, 1.54) is 18.3 Å². The fourth-order valence-corrected chi connectivity index (χ4v) is 3.10. The van der Waals surface area contributed by atoms with Crippen molar-refractivity contribution < 1.29 is 13.2 Å². The minimum Gasteiger partial charge on any atom is -0.384 e. The molecule has 146 valence electrons. The van der Waals surface area contributed by atoms with Gasteiger partial charge in [-0.25, -0.2) is 0 Å². The van der Waals surface area contributed by atoms with Gasteiger partial charge in [0.05, 0.1) is 11.8 Å². The molecule has 0 aliphatic rings. The number of nitrogens with two attached hydrogens (primary N) is 1. The highest BCUT2D eigenvalue weighted by atomic mass is 19.4. The molecule has 0 aliphatic heterocycles. The summed E-state index contributed by atoms with van der Waals surface area (Å²) in [5, 5.41) is 4.14. The molecule has 0 radical (unpaired) electrons. The molecule has 1 aromatic carbocycles. The number of hydrogen-bond acceptors (Lipinski definition) is 3. The van der Waals surface area contributed by atoms with Gasteiger partial charge in [-0.15, -0.1) is 0 Å². The van der Waals surface area contributed by atoms with Crippen LogP contribution >= 0.6 is 0 Å². The topological polar surface area (TPSA) is 65.3 Å². The van der Waals surface area contributed by atoms with E-state index in [1.54, 1.807) is 43.5 Å². The summed E-state index contributed by atoms with van der Waals surface area (Å²) in [6.07, 6.45) is -2.95. The van der Waals surface area contributed by atoms with E-state index in [2.05, 4.69) is 5.10 Å². The quantitative estimate of drug-likeness (QED) is 0.688. The molecule has 0 atom stereocenters. The minimum atomic E-state index is -4.42. The molecule has 0 amide bonds. The molecule has 8 heteroatoms. The van der Waals surface area contributed by atoms with E-state index in [0.717, 1.165) is 28.1 Å². The number of halogens is 3. The van der Waals surface area contributed by atoms with E-state index in [9.17, 15) is 18.0 Å². The van der Waals surface area contributed by atoms with Crippen LogP contribution in [0.2, 0.25) is 0 Å². The van der Waals surface area contributed by atoms with Crippen LogP contribution in [0.15, 0.2) is 52.4 Å². The summed E-state index contributed by atoms with van der Waals surface area (Å²) in [7, 11) is 0. The van der Waals surface area contributed by atoms with Gasteiger partial charge in [0.1, 0.15) is 5.82 Å². The van der Waals surface area contributed by atoms with Crippen molar-refractivity contribution in [3.63, 3.8) is 0 Å². The summed E-state index contributed by atoms with van der Waals surface area (Å²) in [6, 6.07) is 9.95. The Bertz CT molecular complexity index is 1120. The maximum atomic E-state index is 13.0. The van der Waals surface area contributed by atoms with E-state index in [-0.39, 0.29) is 11.4 Å². The third kappa shape index (κ3) is 3.71. The number of rotatable bonds is 3. The second kappa shape index (κ2) is 7.03. The van der Waals surface area contributed by atoms with Crippen LogP contribution < -0.4 is 11.3 Å². The Morgan fingerprint density at radius 2 is 1.79 bits per heavy atom. The number of nitrogens with zero attached hydrogens (tertiary/aromatic N) is 3. The molecule has 0 bridgehead atoms. The first-order chi connectivity index (χ1) is 13.1. The number of anilines is 1. The highest BCUT2D eigenvalue weighted by molar-refractivity contribution is 5.82. The molecule has 28 heavy (non-hydrogen) atoms. The molecule has 2 heterocycles. The normalized spacial score (nSPS) is 12.1. The monoisotopic (exact) mass is 388 g/mol. The van der Waals surface area contributed by atoms with Crippen LogP contribution in [0.25, 0.3) is 5.69 Å². The van der Waals surface area contributed by atoms with Gasteiger partial charge in [0, 0.05) is 28.7 Å². The highest BCUT2D eigenvalue weighted by Crippen LogP contribution is 2.31. The third-order valence-electron chi connectivity index (χ3n) is 4.39. The van der Waals surface area contributed by atoms with Crippen molar-refractivity contribution >= 4 is 12.0 Å². The Morgan fingerprint density at radius 3 is 2.43 bits per heavy atom. The van der Waals surface area contributed by atoms with Crippen molar-refractivity contribution in [2.75, 3.05) is 5.73 Å². The number of benzene rings is 1. The molecule has 0 aliphatic carbocycles. The maximum Gasteiger partial charge on any atom is 0.416 e. The van der Waals surface area contributed by atoms with Crippen molar-refractivity contribution in [2.45, 2.75) is 26.9 Å². The molecular weight excluding hydrogens is 369 g/mol. The smallest absolute Gasteiger partial charge is 0.384 e. The summed E-state index contributed by atoms with van der Waals surface area (Å²) in [5.74, 6) is 0.202. The van der Waals surface area contributed by atoms with Crippen molar-refractivity contribution in [3.8, 4) is 5.69 Å². The van der Waals surface area contributed by atoms with Gasteiger partial charge < -0.3 is 10.3 Å². The van der Waals surface area contributed by atoms with Crippen LogP contribution in [-0.4, -0.2) is 15.5 Å². The summed E-state index contributed by atoms with van der Waals surface area (Å²) >= 11 is 0. The lowest BCUT2D eigenvalue weighted by atomic mass is 10.2. The first-order valence-electron chi connectivity index (χ1n) is 8.48. The molecule has 0 unspecified atom stereocenters. The average molecular weight is 388 g/mol. The van der Waals surface area contributed by atoms with Gasteiger partial charge in [-0.05, 0) is 56.7 Å². The zero-order chi connectivity index (χ0) is 20.6. The number of nitrogen functional groups attached to an aromatic ring is 1. The predicted molar refractivity (Wildman–Crippen MR) is 103 cm³/mol. The van der Waals surface area contributed by atoms with Gasteiger partial charge in [-0.1, -0.05) is 6.07 Å². The number of hydrogen-bond donors (Lipinski definition) is 1. The van der Waals surface area contributed by atoms with Crippen molar-refractivity contribution in [1.29, 1.82) is 0 Å². The zero-order valence-corrected chi connectivity index (χ0v) is 15.6. The summed E-state index contributed by atoms with van der Waals surface area (Å²) in [5.41, 5.74) is 8.00. The van der Waals surface area contributed by atoms with Gasteiger partial charge >= 0.3 is 6.18 Å². The molecule has 2 N–H and O–H groups in total. The van der Waals surface area contributed by atoms with Crippen molar-refractivity contribution in [1.82, 2.24) is 9.24 Å². The Kier molecular flexibility index (Phi) is 4.89. The van der Waals surface area contributed by atoms with E-state index in [1.807, 2.05) is 0 Å². The third-order valence-corrected chi connectivity index (χ3v) is 4.39. The van der Waals surface area contributed by atoms with Crippen LogP contribution in [0.4, 0.5) is 19.0 Å². The number of alkyl halides is 3.